The summed E-state index contributed by atoms with van der Waals surface area (Å²) >= 11 is 0. The maximum atomic E-state index is 12.8. The van der Waals surface area contributed by atoms with Gasteiger partial charge < -0.3 is 15.4 Å². The lowest BCUT2D eigenvalue weighted by molar-refractivity contribution is -0.143. The predicted octanol–water partition coefficient (Wildman–Crippen LogP) is 2.94. The van der Waals surface area contributed by atoms with Crippen LogP contribution in [0.4, 0.5) is 0 Å². The van der Waals surface area contributed by atoms with Gasteiger partial charge in [-0.3, -0.25) is 9.59 Å². The summed E-state index contributed by atoms with van der Waals surface area (Å²) < 4.78 is 5.93. The highest BCUT2D eigenvalue weighted by atomic mass is 16.5. The molecule has 2 aliphatic rings. The number of hydrogen-bond acceptors (Lipinski definition) is 4. The van der Waals surface area contributed by atoms with Gasteiger partial charge in [-0.05, 0) is 37.1 Å². The first kappa shape index (κ1) is 18.6. The molecule has 0 spiro atoms. The zero-order chi connectivity index (χ0) is 19.5. The van der Waals surface area contributed by atoms with Crippen molar-refractivity contribution in [2.24, 2.45) is 11.7 Å². The molecular weight excluding hydrogens is 354 g/mol. The summed E-state index contributed by atoms with van der Waals surface area (Å²) in [5.41, 5.74) is 8.21. The lowest BCUT2D eigenvalue weighted by Crippen LogP contribution is -2.44. The molecule has 1 aliphatic heterocycles. The summed E-state index contributed by atoms with van der Waals surface area (Å²) in [6.45, 7) is 1.70. The number of carbonyl (C=O) groups is 2. The van der Waals surface area contributed by atoms with E-state index < -0.39 is 5.91 Å². The molecule has 4 rings (SSSR count). The van der Waals surface area contributed by atoms with Gasteiger partial charge >= 0.3 is 0 Å². The molecule has 6 nitrogen and oxygen atoms in total. The highest BCUT2D eigenvalue weighted by Gasteiger charge is 2.32. The van der Waals surface area contributed by atoms with Gasteiger partial charge in [-0.2, -0.15) is 0 Å². The molecule has 1 saturated carbocycles. The number of aromatic nitrogens is 1. The number of carbonyl (C=O) groups excluding carboxylic acids is 2. The Balaban J connectivity index is 1.53. The highest BCUT2D eigenvalue weighted by Crippen LogP contribution is 2.29. The molecule has 1 aromatic carbocycles. The number of morpholine rings is 1. The van der Waals surface area contributed by atoms with Crippen molar-refractivity contribution in [3.8, 4) is 11.3 Å². The third-order valence-corrected chi connectivity index (χ3v) is 5.63. The molecule has 1 unspecified atom stereocenters. The Bertz CT molecular complexity index is 877. The maximum Gasteiger partial charge on any atom is 0.248 e. The molecule has 2 heterocycles. The van der Waals surface area contributed by atoms with Crippen molar-refractivity contribution in [1.29, 1.82) is 0 Å². The standard InChI is InChI=1S/C22H25N3O3/c23-21(26)17-8-3-7-16(13-17)18-9-4-10-19(24-18)20-14-25(11-12-28-20)22(27)15-5-1-2-6-15/h3-4,7-10,13,15,20H,1-2,5-6,11-12,14H2,(H2,23,26). The fourth-order valence-corrected chi connectivity index (χ4v) is 4.08. The Hall–Kier alpha value is -2.73. The van der Waals surface area contributed by atoms with Gasteiger partial charge in [0.1, 0.15) is 6.10 Å². The SMILES string of the molecule is NC(=O)c1cccc(-c2cccc(C3CN(C(=O)C4CCCC4)CCO3)n2)c1. The molecule has 1 atom stereocenters. The van der Waals surface area contributed by atoms with Gasteiger partial charge in [0.05, 0.1) is 24.5 Å². The molecule has 0 bridgehead atoms. The van der Waals surface area contributed by atoms with Crippen molar-refractivity contribution in [3.05, 3.63) is 53.7 Å². The smallest absolute Gasteiger partial charge is 0.248 e. The minimum absolute atomic E-state index is 0.176. The number of primary amides is 1. The van der Waals surface area contributed by atoms with Crippen LogP contribution in [0.15, 0.2) is 42.5 Å². The van der Waals surface area contributed by atoms with Crippen LogP contribution in [0.5, 0.6) is 0 Å². The molecule has 28 heavy (non-hydrogen) atoms. The lowest BCUT2D eigenvalue weighted by atomic mass is 10.0. The molecular formula is C22H25N3O3. The van der Waals surface area contributed by atoms with E-state index in [1.54, 1.807) is 18.2 Å². The van der Waals surface area contributed by atoms with Crippen molar-refractivity contribution >= 4 is 11.8 Å². The number of hydrogen-bond donors (Lipinski definition) is 1. The minimum atomic E-state index is -0.463. The quantitative estimate of drug-likeness (QED) is 0.885. The first-order valence-corrected chi connectivity index (χ1v) is 9.89. The summed E-state index contributed by atoms with van der Waals surface area (Å²) in [5, 5.41) is 0. The number of pyridine rings is 1. The average Bonchev–Trinajstić information content (AvgIpc) is 3.28. The molecule has 0 radical (unpaired) electrons. The first-order chi connectivity index (χ1) is 13.6. The largest absolute Gasteiger partial charge is 0.368 e. The van der Waals surface area contributed by atoms with E-state index in [2.05, 4.69) is 0 Å². The van der Waals surface area contributed by atoms with Crippen LogP contribution < -0.4 is 5.73 Å². The summed E-state index contributed by atoms with van der Waals surface area (Å²) in [7, 11) is 0. The molecule has 1 aromatic heterocycles. The van der Waals surface area contributed by atoms with E-state index >= 15 is 0 Å². The zero-order valence-electron chi connectivity index (χ0n) is 15.8. The summed E-state index contributed by atoms with van der Waals surface area (Å²) in [6.07, 6.45) is 4.07. The lowest BCUT2D eigenvalue weighted by Gasteiger charge is -2.34. The Morgan fingerprint density at radius 2 is 1.89 bits per heavy atom. The maximum absolute atomic E-state index is 12.8. The van der Waals surface area contributed by atoms with Crippen molar-refractivity contribution < 1.29 is 14.3 Å². The van der Waals surface area contributed by atoms with Gasteiger partial charge in [-0.25, -0.2) is 4.98 Å². The molecule has 2 aromatic rings. The molecule has 2 fully saturated rings. The topological polar surface area (TPSA) is 85.5 Å². The van der Waals surface area contributed by atoms with Crippen LogP contribution in [0.1, 0.15) is 47.8 Å². The van der Waals surface area contributed by atoms with Crippen LogP contribution in [0, 0.1) is 5.92 Å². The Kier molecular flexibility index (Phi) is 5.39. The zero-order valence-corrected chi connectivity index (χ0v) is 15.8. The van der Waals surface area contributed by atoms with E-state index in [4.69, 9.17) is 15.5 Å². The molecule has 6 heteroatoms. The van der Waals surface area contributed by atoms with Gasteiger partial charge in [0, 0.05) is 23.6 Å². The number of benzene rings is 1. The number of nitrogens with zero attached hydrogens (tertiary/aromatic N) is 2. The van der Waals surface area contributed by atoms with Crippen LogP contribution in [0.2, 0.25) is 0 Å². The Morgan fingerprint density at radius 1 is 1.11 bits per heavy atom. The Labute approximate surface area is 164 Å². The van der Waals surface area contributed by atoms with Crippen LogP contribution in [0.25, 0.3) is 11.3 Å². The molecule has 2 N–H and O–H groups in total. The number of nitrogens with two attached hydrogens (primary N) is 1. The van der Waals surface area contributed by atoms with Crippen LogP contribution in [-0.2, 0) is 9.53 Å². The van der Waals surface area contributed by atoms with E-state index in [9.17, 15) is 9.59 Å². The second kappa shape index (κ2) is 8.10. The fraction of sp³-hybridized carbons (Fsp3) is 0.409. The summed E-state index contributed by atoms with van der Waals surface area (Å²) in [5.74, 6) is -0.0274. The van der Waals surface area contributed by atoms with Crippen molar-refractivity contribution in [3.63, 3.8) is 0 Å². The summed E-state index contributed by atoms with van der Waals surface area (Å²) in [6, 6.07) is 12.9. The van der Waals surface area contributed by atoms with Gasteiger partial charge in [0.25, 0.3) is 0 Å². The van der Waals surface area contributed by atoms with E-state index in [0.717, 1.165) is 42.6 Å². The monoisotopic (exact) mass is 379 g/mol. The predicted molar refractivity (Wildman–Crippen MR) is 105 cm³/mol. The van der Waals surface area contributed by atoms with E-state index in [-0.39, 0.29) is 17.9 Å². The Morgan fingerprint density at radius 3 is 2.68 bits per heavy atom. The van der Waals surface area contributed by atoms with Gasteiger partial charge in [-0.15, -0.1) is 0 Å². The van der Waals surface area contributed by atoms with Gasteiger partial charge in [0.15, 0.2) is 0 Å². The number of ether oxygens (including phenoxy) is 1. The second-order valence-corrected chi connectivity index (χ2v) is 7.52. The van der Waals surface area contributed by atoms with E-state index in [1.807, 2.05) is 29.2 Å². The van der Waals surface area contributed by atoms with Crippen LogP contribution in [0.3, 0.4) is 0 Å². The average molecular weight is 379 g/mol. The van der Waals surface area contributed by atoms with E-state index in [1.165, 1.54) is 0 Å². The molecule has 146 valence electrons. The highest BCUT2D eigenvalue weighted by molar-refractivity contribution is 5.94. The second-order valence-electron chi connectivity index (χ2n) is 7.52. The van der Waals surface area contributed by atoms with Crippen LogP contribution in [-0.4, -0.2) is 41.4 Å². The summed E-state index contributed by atoms with van der Waals surface area (Å²) in [4.78, 5) is 30.9. The van der Waals surface area contributed by atoms with Crippen LogP contribution >= 0.6 is 0 Å². The third-order valence-electron chi connectivity index (χ3n) is 5.63. The van der Waals surface area contributed by atoms with Gasteiger partial charge in [0.2, 0.25) is 11.8 Å². The van der Waals surface area contributed by atoms with Crippen molar-refractivity contribution in [2.45, 2.75) is 31.8 Å². The van der Waals surface area contributed by atoms with Gasteiger partial charge in [-0.1, -0.05) is 31.0 Å². The van der Waals surface area contributed by atoms with E-state index in [0.29, 0.717) is 25.3 Å². The number of amides is 2. The number of rotatable bonds is 4. The molecule has 2 amide bonds. The fourth-order valence-electron chi connectivity index (χ4n) is 4.08. The van der Waals surface area contributed by atoms with Crippen molar-refractivity contribution in [1.82, 2.24) is 9.88 Å². The molecule has 1 aliphatic carbocycles. The first-order valence-electron chi connectivity index (χ1n) is 9.89. The molecule has 1 saturated heterocycles. The van der Waals surface area contributed by atoms with Crippen molar-refractivity contribution in [2.75, 3.05) is 19.7 Å². The normalized spacial score (nSPS) is 20.3. The third kappa shape index (κ3) is 3.92. The minimum Gasteiger partial charge on any atom is -0.368 e.